The van der Waals surface area contributed by atoms with Crippen molar-refractivity contribution >= 4 is 32.8 Å². The SMILES string of the molecule is CC(C)(C)c1ccnc(-n2c3cc(Oc4cccc(-n5[c](=[Pt])n(-c6c(-c7ccccc7)cccc6-c6ccccc6)c6ccccc65)c4)ccc3c3cc4c(cc32)C(C)(C)CCC4(C)C)c1. The molecule has 10 aromatic rings. The van der Waals surface area contributed by atoms with Gasteiger partial charge in [0, 0.05) is 6.20 Å². The van der Waals surface area contributed by atoms with Gasteiger partial charge in [-0.3, -0.25) is 0 Å². The zero-order valence-corrected chi connectivity index (χ0v) is 40.9. The van der Waals surface area contributed by atoms with Crippen molar-refractivity contribution in [3.05, 3.63) is 197 Å². The summed E-state index contributed by atoms with van der Waals surface area (Å²) in [6.07, 6.45) is 4.28. The Hall–Kier alpha value is -6.55. The molecule has 3 heterocycles. The Morgan fingerprint density at radius 1 is 0.515 bits per heavy atom. The van der Waals surface area contributed by atoms with Crippen molar-refractivity contribution in [2.24, 2.45) is 0 Å². The molecule has 0 spiro atoms. The molecular formula is C60H54N4OPt. The number of benzene rings is 7. The van der Waals surface area contributed by atoms with Gasteiger partial charge in [-0.2, -0.15) is 0 Å². The summed E-state index contributed by atoms with van der Waals surface area (Å²) in [5.74, 6) is 2.45. The van der Waals surface area contributed by atoms with Gasteiger partial charge in [0.1, 0.15) is 0 Å². The molecule has 11 rings (SSSR count). The van der Waals surface area contributed by atoms with Gasteiger partial charge < -0.3 is 0 Å². The number of hydrogen-bond donors (Lipinski definition) is 0. The number of nitrogens with zero attached hydrogens (tertiary/aromatic N) is 4. The minimum absolute atomic E-state index is 0.0292. The van der Waals surface area contributed by atoms with E-state index in [1.165, 1.54) is 55.2 Å². The van der Waals surface area contributed by atoms with E-state index in [0.29, 0.717) is 0 Å². The molecule has 0 saturated carbocycles. The molecule has 0 aliphatic heterocycles. The summed E-state index contributed by atoms with van der Waals surface area (Å²) in [6, 6.07) is 61.2. The van der Waals surface area contributed by atoms with E-state index in [1.54, 1.807) is 0 Å². The van der Waals surface area contributed by atoms with Crippen molar-refractivity contribution in [3.8, 4) is 50.9 Å². The molecule has 3 aromatic heterocycles. The number of aromatic nitrogens is 4. The van der Waals surface area contributed by atoms with Gasteiger partial charge in [-0.05, 0) is 51.8 Å². The third kappa shape index (κ3) is 7.11. The topological polar surface area (TPSA) is 36.9 Å². The van der Waals surface area contributed by atoms with Crippen molar-refractivity contribution in [1.29, 1.82) is 0 Å². The van der Waals surface area contributed by atoms with Crippen LogP contribution in [0.4, 0.5) is 0 Å². The Balaban J connectivity index is 1.06. The maximum absolute atomic E-state index is 6.92. The van der Waals surface area contributed by atoms with Crippen LogP contribution in [-0.2, 0) is 35.6 Å². The van der Waals surface area contributed by atoms with Crippen molar-refractivity contribution < 1.29 is 24.1 Å². The Kier molecular flexibility index (Phi) is 10.1. The maximum atomic E-state index is 6.92. The van der Waals surface area contributed by atoms with Crippen LogP contribution < -0.4 is 4.74 Å². The van der Waals surface area contributed by atoms with E-state index >= 15 is 0 Å². The number of ether oxygens (including phenoxy) is 1. The van der Waals surface area contributed by atoms with E-state index in [1.807, 2.05) is 6.20 Å². The molecule has 0 amide bonds. The van der Waals surface area contributed by atoms with Gasteiger partial charge in [0.05, 0.1) is 0 Å². The molecule has 1 aliphatic rings. The monoisotopic (exact) mass is 1040 g/mol. The zero-order chi connectivity index (χ0) is 45.5. The van der Waals surface area contributed by atoms with Crippen LogP contribution in [0.25, 0.3) is 72.3 Å². The number of para-hydroxylation sites is 3. The van der Waals surface area contributed by atoms with Crippen LogP contribution in [0.2, 0.25) is 0 Å². The first-order chi connectivity index (χ1) is 31.8. The molecule has 0 saturated heterocycles. The molecule has 7 aromatic carbocycles. The Bertz CT molecular complexity index is 3510. The number of hydrogen-bond acceptors (Lipinski definition) is 2. The molecule has 5 nitrogen and oxygen atoms in total. The predicted molar refractivity (Wildman–Crippen MR) is 269 cm³/mol. The second-order valence-electron chi connectivity index (χ2n) is 20.3. The number of pyridine rings is 1. The normalized spacial score (nSPS) is 14.5. The van der Waals surface area contributed by atoms with Gasteiger partial charge in [-0.15, -0.1) is 0 Å². The molecule has 0 fully saturated rings. The van der Waals surface area contributed by atoms with Crippen LogP contribution >= 0.6 is 0 Å². The van der Waals surface area contributed by atoms with Crippen molar-refractivity contribution in [2.75, 3.05) is 0 Å². The van der Waals surface area contributed by atoms with Crippen molar-refractivity contribution in [3.63, 3.8) is 0 Å². The van der Waals surface area contributed by atoms with E-state index in [4.69, 9.17) is 9.72 Å². The predicted octanol–water partition coefficient (Wildman–Crippen LogP) is 15.8. The van der Waals surface area contributed by atoms with Crippen LogP contribution in [0.5, 0.6) is 11.5 Å². The van der Waals surface area contributed by atoms with E-state index < -0.39 is 0 Å². The number of rotatable bonds is 7. The van der Waals surface area contributed by atoms with Gasteiger partial charge in [-0.25, -0.2) is 0 Å². The summed E-state index contributed by atoms with van der Waals surface area (Å²) in [7, 11) is 0. The van der Waals surface area contributed by atoms with Crippen LogP contribution in [0, 0.1) is 3.80 Å². The van der Waals surface area contributed by atoms with Crippen LogP contribution in [0.1, 0.15) is 78.0 Å². The van der Waals surface area contributed by atoms with E-state index in [-0.39, 0.29) is 16.2 Å². The molecule has 0 bridgehead atoms. The fourth-order valence-corrected chi connectivity index (χ4v) is 11.3. The summed E-state index contributed by atoms with van der Waals surface area (Å²) in [5.41, 5.74) is 15.6. The van der Waals surface area contributed by atoms with Crippen molar-refractivity contribution in [1.82, 2.24) is 18.7 Å². The van der Waals surface area contributed by atoms with Crippen LogP contribution in [-0.4, -0.2) is 18.7 Å². The number of imidazole rings is 1. The minimum Gasteiger partial charge on any atom is -0.0558 e. The van der Waals surface area contributed by atoms with Gasteiger partial charge in [0.15, 0.2) is 0 Å². The molecule has 0 radical (unpaired) electrons. The third-order valence-corrected chi connectivity index (χ3v) is 15.0. The molecule has 330 valence electrons. The fraction of sp³-hybridized carbons (Fsp3) is 0.200. The Morgan fingerprint density at radius 3 is 1.74 bits per heavy atom. The minimum atomic E-state index is -0.0292. The Labute approximate surface area is 398 Å². The molecular weight excluding hydrogens is 988 g/mol. The molecule has 0 unspecified atom stereocenters. The second-order valence-corrected chi connectivity index (χ2v) is 21.3. The third-order valence-electron chi connectivity index (χ3n) is 14.0. The summed E-state index contributed by atoms with van der Waals surface area (Å²) >= 11 is 2.51. The van der Waals surface area contributed by atoms with Gasteiger partial charge >= 0.3 is 294 Å². The first-order valence-corrected chi connectivity index (χ1v) is 24.2. The standard InChI is InChI=1S/C60H54N4O.Pt/c1-58(2,3)42-30-33-61-56(34-42)64-54-36-45(28-29-48(54)49-37-50-51(38-55(49)64)60(6,7)32-31-59(50,4)5)65-44-23-16-22-43(35-44)62-39-63(53-27-15-14-26-52(53)62)57-46(40-18-10-8-11-19-40)24-17-25-47(57)41-20-12-9-13-21-41;/h8-30,33-38H,31-32H2,1-7H3;. The zero-order valence-electron chi connectivity index (χ0n) is 38.7. The quantitative estimate of drug-likeness (QED) is 0.159. The molecule has 6 heteroatoms. The smallest absolute Gasteiger partial charge is 0.0558 e. The molecule has 0 N–H and O–H groups in total. The van der Waals surface area contributed by atoms with Crippen LogP contribution in [0.15, 0.2) is 176 Å². The molecule has 66 heavy (non-hydrogen) atoms. The molecule has 1 aliphatic carbocycles. The van der Waals surface area contributed by atoms with E-state index in [0.717, 1.165) is 61.9 Å². The average molecular weight is 1040 g/mol. The van der Waals surface area contributed by atoms with Gasteiger partial charge in [-0.1, -0.05) is 48.5 Å². The second kappa shape index (κ2) is 15.8. The summed E-state index contributed by atoms with van der Waals surface area (Å²) in [4.78, 5) is 5.05. The van der Waals surface area contributed by atoms with Crippen LogP contribution in [0.3, 0.4) is 0 Å². The Morgan fingerprint density at radius 2 is 1.09 bits per heavy atom. The summed E-state index contributed by atoms with van der Waals surface area (Å²) in [6.45, 7) is 16.4. The van der Waals surface area contributed by atoms with E-state index in [9.17, 15) is 0 Å². The molecule has 0 atom stereocenters. The summed E-state index contributed by atoms with van der Waals surface area (Å²) < 4.78 is 15.1. The first kappa shape index (κ1) is 42.1. The summed E-state index contributed by atoms with van der Waals surface area (Å²) in [5, 5.41) is 2.44. The van der Waals surface area contributed by atoms with Crippen molar-refractivity contribution in [2.45, 2.75) is 77.6 Å². The average Bonchev–Trinajstić information content (AvgIpc) is 3.80. The first-order valence-electron chi connectivity index (χ1n) is 23.1. The van der Waals surface area contributed by atoms with E-state index in [2.05, 4.69) is 251 Å². The number of fused-ring (bicyclic) bond motifs is 5. The van der Waals surface area contributed by atoms with Gasteiger partial charge in [0.25, 0.3) is 0 Å². The fourth-order valence-electron chi connectivity index (χ4n) is 10.3. The van der Waals surface area contributed by atoms with Gasteiger partial charge in [0.2, 0.25) is 0 Å².